The third kappa shape index (κ3) is 3.30. The fourth-order valence-electron chi connectivity index (χ4n) is 1.60. The first kappa shape index (κ1) is 14.4. The number of hydrogen-bond acceptors (Lipinski definition) is 3. The lowest BCUT2D eigenvalue weighted by Gasteiger charge is -2.12. The molecule has 20 heavy (non-hydrogen) atoms. The fourth-order valence-corrected chi connectivity index (χ4v) is 1.82. The highest BCUT2D eigenvalue weighted by Gasteiger charge is 2.33. The van der Waals surface area contributed by atoms with Gasteiger partial charge in [-0.25, -0.2) is 4.98 Å². The number of hydrogen-bond donors (Lipinski definition) is 2. The molecule has 1 heterocycles. The van der Waals surface area contributed by atoms with Crippen LogP contribution in [-0.2, 0) is 6.18 Å². The van der Waals surface area contributed by atoms with E-state index in [4.69, 9.17) is 11.6 Å². The molecule has 8 heteroatoms. The lowest BCUT2D eigenvalue weighted by Crippen LogP contribution is -2.11. The van der Waals surface area contributed by atoms with Crippen LogP contribution in [0.1, 0.15) is 11.3 Å². The first-order chi connectivity index (χ1) is 9.25. The molecule has 0 saturated carbocycles. The molecular formula is C12H9ClF3N3O. The molecule has 0 aliphatic heterocycles. The van der Waals surface area contributed by atoms with Crippen LogP contribution < -0.4 is 10.9 Å². The molecule has 0 unspecified atom stereocenters. The summed E-state index contributed by atoms with van der Waals surface area (Å²) in [5, 5.41) is 2.21. The third-order valence-corrected chi connectivity index (χ3v) is 2.73. The van der Waals surface area contributed by atoms with Gasteiger partial charge in [-0.2, -0.15) is 13.2 Å². The van der Waals surface area contributed by atoms with Gasteiger partial charge in [-0.3, -0.25) is 9.78 Å². The van der Waals surface area contributed by atoms with E-state index in [9.17, 15) is 18.0 Å². The number of H-pyrrole nitrogens is 1. The third-order valence-electron chi connectivity index (χ3n) is 2.40. The van der Waals surface area contributed by atoms with Crippen molar-refractivity contribution < 1.29 is 13.2 Å². The van der Waals surface area contributed by atoms with Crippen LogP contribution in [0.2, 0.25) is 5.02 Å². The quantitative estimate of drug-likeness (QED) is 0.893. The molecular weight excluding hydrogens is 295 g/mol. The maximum absolute atomic E-state index is 12.7. The number of aromatic amines is 1. The number of alkyl halides is 3. The second kappa shape index (κ2) is 5.16. The monoisotopic (exact) mass is 303 g/mol. The van der Waals surface area contributed by atoms with Gasteiger partial charge < -0.3 is 5.32 Å². The SMILES string of the molecule is Cc1cc(=O)[nH]c(Nc2ccc(Cl)c(C(F)(F)F)c2)n1. The van der Waals surface area contributed by atoms with Crippen molar-refractivity contribution in [3.8, 4) is 0 Å². The van der Waals surface area contributed by atoms with Crippen LogP contribution in [0.15, 0.2) is 29.1 Å². The fraction of sp³-hybridized carbons (Fsp3) is 0.167. The maximum Gasteiger partial charge on any atom is 0.417 e. The summed E-state index contributed by atoms with van der Waals surface area (Å²) in [6.45, 7) is 1.60. The molecule has 0 aliphatic carbocycles. The van der Waals surface area contributed by atoms with E-state index < -0.39 is 22.3 Å². The second-order valence-corrected chi connectivity index (χ2v) is 4.46. The normalized spacial score (nSPS) is 11.4. The Labute approximate surface area is 116 Å². The van der Waals surface area contributed by atoms with Gasteiger partial charge in [0, 0.05) is 17.4 Å². The summed E-state index contributed by atoms with van der Waals surface area (Å²) in [4.78, 5) is 17.6. The smallest absolute Gasteiger partial charge is 0.326 e. The van der Waals surface area contributed by atoms with Crippen LogP contribution in [0.4, 0.5) is 24.8 Å². The molecule has 1 aromatic heterocycles. The van der Waals surface area contributed by atoms with Crippen molar-refractivity contribution in [2.45, 2.75) is 13.1 Å². The van der Waals surface area contributed by atoms with E-state index in [1.807, 2.05) is 0 Å². The molecule has 0 bridgehead atoms. The Morgan fingerprint density at radius 1 is 1.30 bits per heavy atom. The molecule has 0 fully saturated rings. The standard InChI is InChI=1S/C12H9ClF3N3O/c1-6-4-10(20)19-11(17-6)18-7-2-3-9(13)8(5-7)12(14,15)16/h2-5H,1H3,(H2,17,18,19,20). The van der Waals surface area contributed by atoms with Gasteiger partial charge in [-0.15, -0.1) is 0 Å². The van der Waals surface area contributed by atoms with E-state index in [0.29, 0.717) is 5.69 Å². The lowest BCUT2D eigenvalue weighted by atomic mass is 10.2. The van der Waals surface area contributed by atoms with Crippen molar-refractivity contribution in [2.24, 2.45) is 0 Å². The van der Waals surface area contributed by atoms with Crippen LogP contribution in [0.25, 0.3) is 0 Å². The minimum atomic E-state index is -4.55. The van der Waals surface area contributed by atoms with E-state index >= 15 is 0 Å². The molecule has 0 saturated heterocycles. The Morgan fingerprint density at radius 3 is 2.60 bits per heavy atom. The number of benzene rings is 1. The number of aryl methyl sites for hydroxylation is 1. The largest absolute Gasteiger partial charge is 0.417 e. The summed E-state index contributed by atoms with van der Waals surface area (Å²) in [7, 11) is 0. The minimum absolute atomic E-state index is 0.0606. The van der Waals surface area contributed by atoms with E-state index in [1.165, 1.54) is 12.1 Å². The van der Waals surface area contributed by atoms with Crippen LogP contribution in [0.3, 0.4) is 0 Å². The summed E-state index contributed by atoms with van der Waals surface area (Å²) in [6.07, 6.45) is -4.55. The second-order valence-electron chi connectivity index (χ2n) is 4.05. The first-order valence-corrected chi connectivity index (χ1v) is 5.85. The van der Waals surface area contributed by atoms with Gasteiger partial charge in [0.05, 0.1) is 10.6 Å². The van der Waals surface area contributed by atoms with E-state index in [-0.39, 0.29) is 11.6 Å². The van der Waals surface area contributed by atoms with E-state index in [1.54, 1.807) is 6.92 Å². The Morgan fingerprint density at radius 2 is 2.00 bits per heavy atom. The molecule has 4 nitrogen and oxygen atoms in total. The zero-order valence-electron chi connectivity index (χ0n) is 10.2. The van der Waals surface area contributed by atoms with Gasteiger partial charge in [-0.1, -0.05) is 11.6 Å². The van der Waals surface area contributed by atoms with Crippen molar-refractivity contribution in [2.75, 3.05) is 5.32 Å². The zero-order chi connectivity index (χ0) is 14.9. The van der Waals surface area contributed by atoms with Gasteiger partial charge in [0.2, 0.25) is 5.95 Å². The summed E-state index contributed by atoms with van der Waals surface area (Å²) in [5.41, 5.74) is -0.791. The number of aromatic nitrogens is 2. The molecule has 0 atom stereocenters. The summed E-state index contributed by atoms with van der Waals surface area (Å²) < 4.78 is 38.1. The number of halogens is 4. The lowest BCUT2D eigenvalue weighted by molar-refractivity contribution is -0.137. The first-order valence-electron chi connectivity index (χ1n) is 5.47. The summed E-state index contributed by atoms with van der Waals surface area (Å²) >= 11 is 5.51. The molecule has 0 spiro atoms. The highest BCUT2D eigenvalue weighted by molar-refractivity contribution is 6.31. The van der Waals surface area contributed by atoms with Crippen molar-refractivity contribution in [1.82, 2.24) is 9.97 Å². The number of anilines is 2. The van der Waals surface area contributed by atoms with Crippen molar-refractivity contribution in [1.29, 1.82) is 0 Å². The zero-order valence-corrected chi connectivity index (χ0v) is 10.9. The van der Waals surface area contributed by atoms with Gasteiger partial charge in [0.15, 0.2) is 0 Å². The molecule has 2 N–H and O–H groups in total. The molecule has 0 radical (unpaired) electrons. The number of rotatable bonds is 2. The van der Waals surface area contributed by atoms with Gasteiger partial charge >= 0.3 is 6.18 Å². The number of nitrogens with zero attached hydrogens (tertiary/aromatic N) is 1. The molecule has 0 aliphatic rings. The molecule has 0 amide bonds. The van der Waals surface area contributed by atoms with Crippen LogP contribution in [0, 0.1) is 6.92 Å². The Kier molecular flexibility index (Phi) is 3.71. The highest BCUT2D eigenvalue weighted by Crippen LogP contribution is 2.36. The Balaban J connectivity index is 2.37. The van der Waals surface area contributed by atoms with E-state index in [2.05, 4.69) is 15.3 Å². The van der Waals surface area contributed by atoms with Gasteiger partial charge in [-0.05, 0) is 25.1 Å². The molecule has 1 aromatic carbocycles. The number of nitrogens with one attached hydrogen (secondary N) is 2. The predicted octanol–water partition coefficient (Wildman–Crippen LogP) is 3.49. The Bertz CT molecular complexity index is 697. The van der Waals surface area contributed by atoms with Crippen LogP contribution >= 0.6 is 11.6 Å². The molecule has 2 rings (SSSR count). The topological polar surface area (TPSA) is 57.8 Å². The highest BCUT2D eigenvalue weighted by atomic mass is 35.5. The van der Waals surface area contributed by atoms with Crippen molar-refractivity contribution in [3.05, 3.63) is 50.9 Å². The average Bonchev–Trinajstić information content (AvgIpc) is 2.29. The van der Waals surface area contributed by atoms with Crippen molar-refractivity contribution >= 4 is 23.2 Å². The van der Waals surface area contributed by atoms with Gasteiger partial charge in [0.25, 0.3) is 5.56 Å². The van der Waals surface area contributed by atoms with Gasteiger partial charge in [0.1, 0.15) is 0 Å². The average molecular weight is 304 g/mol. The van der Waals surface area contributed by atoms with Crippen LogP contribution in [0.5, 0.6) is 0 Å². The van der Waals surface area contributed by atoms with Crippen molar-refractivity contribution in [3.63, 3.8) is 0 Å². The molecule has 106 valence electrons. The minimum Gasteiger partial charge on any atom is -0.326 e. The summed E-state index contributed by atoms with van der Waals surface area (Å²) in [6, 6.07) is 4.61. The summed E-state index contributed by atoms with van der Waals surface area (Å²) in [5.74, 6) is 0.0606. The maximum atomic E-state index is 12.7. The molecule has 2 aromatic rings. The van der Waals surface area contributed by atoms with E-state index in [0.717, 1.165) is 12.1 Å². The van der Waals surface area contributed by atoms with Crippen LogP contribution in [-0.4, -0.2) is 9.97 Å². The predicted molar refractivity (Wildman–Crippen MR) is 69.3 cm³/mol. The Hall–Kier alpha value is -2.02.